The van der Waals surface area contributed by atoms with Crippen LogP contribution in [0.15, 0.2) is 11.6 Å². The molecule has 6 aliphatic rings. The van der Waals surface area contributed by atoms with Crippen LogP contribution in [0.3, 0.4) is 0 Å². The molecule has 1 spiro atoms. The van der Waals surface area contributed by atoms with Crippen molar-refractivity contribution < 1.29 is 24.5 Å². The third-order valence-electron chi connectivity index (χ3n) is 10.4. The molecule has 0 bridgehead atoms. The van der Waals surface area contributed by atoms with Crippen LogP contribution >= 0.6 is 0 Å². The minimum atomic E-state index is -0.993. The van der Waals surface area contributed by atoms with Gasteiger partial charge in [-0.1, -0.05) is 13.8 Å². The van der Waals surface area contributed by atoms with Crippen LogP contribution in [0.2, 0.25) is 0 Å². The number of epoxide rings is 1. The molecule has 2 N–H and O–H groups in total. The number of ether oxygens (including phenoxy) is 2. The van der Waals surface area contributed by atoms with E-state index in [1.54, 1.807) is 0 Å². The number of carbonyl (C=O) groups excluding carboxylic acids is 1. The Morgan fingerprint density at radius 3 is 2.68 bits per heavy atom. The van der Waals surface area contributed by atoms with Crippen LogP contribution in [-0.2, 0) is 14.3 Å². The Hall–Kier alpha value is -0.910. The minimum Gasteiger partial charge on any atom is -0.458 e. The molecule has 4 saturated carbocycles. The Kier molecular flexibility index (Phi) is 3.34. The Bertz CT molecular complexity index is 777. The fourth-order valence-electron chi connectivity index (χ4n) is 8.80. The first kappa shape index (κ1) is 17.9. The monoisotopic (exact) mass is 388 g/mol. The van der Waals surface area contributed by atoms with Crippen LogP contribution in [-0.4, -0.2) is 46.2 Å². The van der Waals surface area contributed by atoms with E-state index in [-0.39, 0.29) is 41.2 Å². The molecule has 154 valence electrons. The lowest BCUT2D eigenvalue weighted by Crippen LogP contribution is -2.62. The minimum absolute atomic E-state index is 0.0984. The van der Waals surface area contributed by atoms with Crippen molar-refractivity contribution in [3.05, 3.63) is 11.6 Å². The number of esters is 1. The van der Waals surface area contributed by atoms with Crippen molar-refractivity contribution in [2.24, 2.45) is 28.6 Å². The van der Waals surface area contributed by atoms with E-state index in [0.717, 1.165) is 50.5 Å². The van der Waals surface area contributed by atoms with Crippen molar-refractivity contribution in [1.82, 2.24) is 0 Å². The van der Waals surface area contributed by atoms with Crippen molar-refractivity contribution >= 4 is 5.97 Å². The van der Waals surface area contributed by atoms with E-state index in [1.807, 2.05) is 0 Å². The van der Waals surface area contributed by atoms with Gasteiger partial charge >= 0.3 is 5.97 Å². The SMILES string of the molecule is C[C@]12CC[C@H](O)C[C@H]1CC[C@@H]1[C@@H]2CC[C@@]2(C)[C@@]13O[C@H]3C[C@]2(O)C1=CC(=O)OC1. The quantitative estimate of drug-likeness (QED) is 0.533. The molecule has 0 aromatic carbocycles. The van der Waals surface area contributed by atoms with E-state index in [9.17, 15) is 15.0 Å². The van der Waals surface area contributed by atoms with Gasteiger partial charge in [0.15, 0.2) is 0 Å². The van der Waals surface area contributed by atoms with Gasteiger partial charge in [-0.25, -0.2) is 4.79 Å². The molecule has 1 saturated heterocycles. The number of fused-ring (bicyclic) bond motifs is 3. The molecular formula is C23H32O5. The van der Waals surface area contributed by atoms with Crippen LogP contribution in [0.4, 0.5) is 0 Å². The Morgan fingerprint density at radius 2 is 1.93 bits per heavy atom. The smallest absolute Gasteiger partial charge is 0.331 e. The Morgan fingerprint density at radius 1 is 1.11 bits per heavy atom. The standard InChI is InChI=1S/C23H32O5/c1-20-7-5-15(24)9-13(20)3-4-17-16(20)6-8-21(2)22(26,11-18-23(17,21)28-18)14-10-19(25)27-12-14/h10,13,15-18,24,26H,3-9,11-12H2,1-2H3/t13-,15+,16+,17-,18+,20+,21-,22+,23-/m1/s1. The zero-order valence-corrected chi connectivity index (χ0v) is 16.9. The van der Waals surface area contributed by atoms with Crippen LogP contribution in [0.1, 0.15) is 65.2 Å². The molecule has 4 aliphatic carbocycles. The molecule has 9 atom stereocenters. The first-order valence-corrected chi connectivity index (χ1v) is 11.2. The van der Waals surface area contributed by atoms with E-state index in [0.29, 0.717) is 24.2 Å². The van der Waals surface area contributed by atoms with Crippen LogP contribution in [0.25, 0.3) is 0 Å². The van der Waals surface area contributed by atoms with Crippen molar-refractivity contribution in [3.8, 4) is 0 Å². The summed E-state index contributed by atoms with van der Waals surface area (Å²) in [5, 5.41) is 22.1. The summed E-state index contributed by atoms with van der Waals surface area (Å²) in [6, 6.07) is 0. The number of rotatable bonds is 1. The first-order chi connectivity index (χ1) is 13.2. The van der Waals surface area contributed by atoms with Gasteiger partial charge < -0.3 is 19.7 Å². The highest BCUT2D eigenvalue weighted by Crippen LogP contribution is 2.78. The maximum Gasteiger partial charge on any atom is 0.331 e. The van der Waals surface area contributed by atoms with E-state index in [1.165, 1.54) is 6.08 Å². The number of hydrogen-bond donors (Lipinski definition) is 2. The lowest BCUT2D eigenvalue weighted by atomic mass is 9.43. The van der Waals surface area contributed by atoms with E-state index < -0.39 is 5.60 Å². The molecular weight excluding hydrogens is 356 g/mol. The summed E-state index contributed by atoms with van der Waals surface area (Å²) < 4.78 is 11.6. The third-order valence-corrected chi connectivity index (χ3v) is 10.4. The average molecular weight is 389 g/mol. The molecule has 0 radical (unpaired) electrons. The summed E-state index contributed by atoms with van der Waals surface area (Å²) in [7, 11) is 0. The summed E-state index contributed by atoms with van der Waals surface area (Å²) in [6.45, 7) is 4.89. The number of carbonyl (C=O) groups is 1. The molecule has 28 heavy (non-hydrogen) atoms. The maximum atomic E-state index is 11.9. The Balaban J connectivity index is 1.38. The van der Waals surface area contributed by atoms with E-state index in [2.05, 4.69) is 13.8 Å². The van der Waals surface area contributed by atoms with Gasteiger partial charge in [-0.2, -0.15) is 0 Å². The fraction of sp³-hybridized carbons (Fsp3) is 0.870. The van der Waals surface area contributed by atoms with Gasteiger partial charge in [0.1, 0.15) is 17.8 Å². The predicted molar refractivity (Wildman–Crippen MR) is 101 cm³/mol. The molecule has 2 aliphatic heterocycles. The fourth-order valence-corrected chi connectivity index (χ4v) is 8.80. The molecule has 5 heteroatoms. The van der Waals surface area contributed by atoms with E-state index >= 15 is 0 Å². The molecule has 0 aromatic heterocycles. The third kappa shape index (κ3) is 1.83. The van der Waals surface area contributed by atoms with Crippen molar-refractivity contribution in [2.75, 3.05) is 6.61 Å². The summed E-state index contributed by atoms with van der Waals surface area (Å²) in [4.78, 5) is 11.7. The van der Waals surface area contributed by atoms with Crippen molar-refractivity contribution in [2.45, 2.75) is 88.6 Å². The number of hydrogen-bond acceptors (Lipinski definition) is 5. The highest BCUT2D eigenvalue weighted by atomic mass is 16.6. The molecule has 0 aromatic rings. The van der Waals surface area contributed by atoms with Crippen LogP contribution in [0, 0.1) is 28.6 Å². The molecule has 0 amide bonds. The number of aliphatic hydroxyl groups excluding tert-OH is 1. The number of aliphatic hydroxyl groups is 2. The second kappa shape index (κ2) is 5.22. The molecule has 0 unspecified atom stereocenters. The van der Waals surface area contributed by atoms with Gasteiger partial charge in [-0.05, 0) is 68.1 Å². The maximum absolute atomic E-state index is 11.9. The number of cyclic esters (lactones) is 1. The van der Waals surface area contributed by atoms with Crippen LogP contribution < -0.4 is 0 Å². The lowest BCUT2D eigenvalue weighted by Gasteiger charge is -2.62. The van der Waals surface area contributed by atoms with Gasteiger partial charge in [-0.3, -0.25) is 0 Å². The summed E-state index contributed by atoms with van der Waals surface area (Å²) in [5.74, 6) is 1.36. The van der Waals surface area contributed by atoms with Crippen molar-refractivity contribution in [1.29, 1.82) is 0 Å². The molecule has 6 rings (SSSR count). The summed E-state index contributed by atoms with van der Waals surface area (Å²) >= 11 is 0. The summed E-state index contributed by atoms with van der Waals surface area (Å²) in [5.41, 5.74) is -0.562. The van der Waals surface area contributed by atoms with Gasteiger partial charge in [0.2, 0.25) is 0 Å². The Labute approximate surface area is 166 Å². The van der Waals surface area contributed by atoms with Crippen molar-refractivity contribution in [3.63, 3.8) is 0 Å². The second-order valence-corrected chi connectivity index (χ2v) is 11.0. The topological polar surface area (TPSA) is 79.3 Å². The first-order valence-electron chi connectivity index (χ1n) is 11.2. The largest absolute Gasteiger partial charge is 0.458 e. The average Bonchev–Trinajstić information content (AvgIpc) is 3.09. The zero-order valence-electron chi connectivity index (χ0n) is 16.9. The highest BCUT2D eigenvalue weighted by Gasteiger charge is 2.85. The lowest BCUT2D eigenvalue weighted by molar-refractivity contribution is -0.179. The molecule has 2 heterocycles. The second-order valence-electron chi connectivity index (χ2n) is 11.0. The highest BCUT2D eigenvalue weighted by molar-refractivity contribution is 5.86. The van der Waals surface area contributed by atoms with Gasteiger partial charge in [0, 0.05) is 23.5 Å². The molecule has 5 fully saturated rings. The summed E-state index contributed by atoms with van der Waals surface area (Å²) in [6.07, 6.45) is 9.38. The predicted octanol–water partition coefficient (Wildman–Crippen LogP) is 2.74. The van der Waals surface area contributed by atoms with Crippen LogP contribution in [0.5, 0.6) is 0 Å². The molecule has 5 nitrogen and oxygen atoms in total. The van der Waals surface area contributed by atoms with Gasteiger partial charge in [-0.15, -0.1) is 0 Å². The van der Waals surface area contributed by atoms with Gasteiger partial charge in [0.05, 0.1) is 12.2 Å². The van der Waals surface area contributed by atoms with Gasteiger partial charge in [0.25, 0.3) is 0 Å². The van der Waals surface area contributed by atoms with E-state index in [4.69, 9.17) is 9.47 Å². The zero-order chi connectivity index (χ0) is 19.5. The normalized spacial score (nSPS) is 59.5.